The molecule has 3 aromatic carbocycles. The fourth-order valence-corrected chi connectivity index (χ4v) is 4.77. The highest BCUT2D eigenvalue weighted by Crippen LogP contribution is 2.34. The number of carbonyl (C=O) groups is 1. The summed E-state index contributed by atoms with van der Waals surface area (Å²) < 4.78 is 12.6. The molecule has 0 unspecified atom stereocenters. The van der Waals surface area contributed by atoms with Gasteiger partial charge in [-0.1, -0.05) is 29.3 Å². The molecule has 0 N–H and O–H groups in total. The first-order valence-corrected chi connectivity index (χ1v) is 12.6. The van der Waals surface area contributed by atoms with Crippen molar-refractivity contribution in [3.8, 4) is 28.4 Å². The lowest BCUT2D eigenvalue weighted by atomic mass is 10.1. The topological polar surface area (TPSA) is 59.8 Å². The number of aromatic nitrogens is 2. The Morgan fingerprint density at radius 1 is 0.811 bits per heavy atom. The zero-order chi connectivity index (χ0) is 25.9. The van der Waals surface area contributed by atoms with Crippen LogP contribution in [0.2, 0.25) is 10.0 Å². The quantitative estimate of drug-likeness (QED) is 0.310. The molecule has 0 spiro atoms. The van der Waals surface area contributed by atoms with Crippen molar-refractivity contribution in [2.24, 2.45) is 0 Å². The predicted molar refractivity (Wildman–Crippen MR) is 147 cm³/mol. The molecule has 1 fully saturated rings. The number of anilines is 1. The van der Waals surface area contributed by atoms with Crippen molar-refractivity contribution < 1.29 is 14.3 Å². The van der Waals surface area contributed by atoms with Gasteiger partial charge in [0.1, 0.15) is 17.2 Å². The van der Waals surface area contributed by atoms with Crippen molar-refractivity contribution in [3.05, 3.63) is 88.5 Å². The van der Waals surface area contributed by atoms with Gasteiger partial charge >= 0.3 is 0 Å². The van der Waals surface area contributed by atoms with E-state index in [4.69, 9.17) is 37.8 Å². The number of ether oxygens (including phenoxy) is 2. The standard InChI is InChI=1S/C28H26Cl2N4O3/c1-36-23-10-11-24(27(17-23)37-2)25-18-26(34(31-25)21-8-6-19(29)7-9-21)28(35)33-14-12-32(13-15-33)22-5-3-4-20(30)16-22/h3-11,16-18H,12-15H2,1-2H3. The summed E-state index contributed by atoms with van der Waals surface area (Å²) in [6, 6.07) is 22.4. The molecule has 0 saturated carbocycles. The molecule has 1 aliphatic rings. The molecule has 0 atom stereocenters. The highest BCUT2D eigenvalue weighted by atomic mass is 35.5. The number of rotatable bonds is 6. The second kappa shape index (κ2) is 10.7. The monoisotopic (exact) mass is 536 g/mol. The molecule has 4 aromatic rings. The summed E-state index contributed by atoms with van der Waals surface area (Å²) in [5, 5.41) is 6.12. The Kier molecular flexibility index (Phi) is 7.26. The molecule has 0 radical (unpaired) electrons. The van der Waals surface area contributed by atoms with Crippen LogP contribution in [0.1, 0.15) is 10.5 Å². The van der Waals surface area contributed by atoms with Crippen molar-refractivity contribution in [1.82, 2.24) is 14.7 Å². The molecule has 1 amide bonds. The summed E-state index contributed by atoms with van der Waals surface area (Å²) in [5.74, 6) is 1.19. The lowest BCUT2D eigenvalue weighted by Crippen LogP contribution is -2.49. The van der Waals surface area contributed by atoms with Crippen LogP contribution in [0.15, 0.2) is 72.8 Å². The van der Waals surface area contributed by atoms with Crippen LogP contribution in [-0.2, 0) is 0 Å². The summed E-state index contributed by atoms with van der Waals surface area (Å²) in [4.78, 5) is 17.9. The maximum absolute atomic E-state index is 13.8. The van der Waals surface area contributed by atoms with E-state index < -0.39 is 0 Å². The van der Waals surface area contributed by atoms with Crippen molar-refractivity contribution in [3.63, 3.8) is 0 Å². The first-order chi connectivity index (χ1) is 18.0. The third-order valence-electron chi connectivity index (χ3n) is 6.42. The Bertz CT molecular complexity index is 1410. The maximum atomic E-state index is 13.8. The smallest absolute Gasteiger partial charge is 0.272 e. The number of amides is 1. The molecule has 1 saturated heterocycles. The Balaban J connectivity index is 1.47. The number of carbonyl (C=O) groups excluding carboxylic acids is 1. The summed E-state index contributed by atoms with van der Waals surface area (Å²) >= 11 is 12.3. The lowest BCUT2D eigenvalue weighted by molar-refractivity contribution is 0.0737. The second-order valence-electron chi connectivity index (χ2n) is 8.63. The Hall–Kier alpha value is -3.68. The summed E-state index contributed by atoms with van der Waals surface area (Å²) in [6.07, 6.45) is 0. The fourth-order valence-electron chi connectivity index (χ4n) is 4.46. The van der Waals surface area contributed by atoms with Crippen LogP contribution >= 0.6 is 23.2 Å². The van der Waals surface area contributed by atoms with Crippen molar-refractivity contribution >= 4 is 34.8 Å². The van der Waals surface area contributed by atoms with E-state index in [-0.39, 0.29) is 5.91 Å². The minimum absolute atomic E-state index is 0.0908. The predicted octanol–water partition coefficient (Wildman–Crippen LogP) is 5.83. The van der Waals surface area contributed by atoms with Crippen molar-refractivity contribution in [2.45, 2.75) is 0 Å². The van der Waals surface area contributed by atoms with Crippen molar-refractivity contribution in [1.29, 1.82) is 0 Å². The van der Waals surface area contributed by atoms with Gasteiger partial charge in [-0.05, 0) is 60.7 Å². The summed E-state index contributed by atoms with van der Waals surface area (Å²) in [5.41, 5.74) is 3.64. The van der Waals surface area contributed by atoms with Crippen molar-refractivity contribution in [2.75, 3.05) is 45.3 Å². The van der Waals surface area contributed by atoms with Crippen LogP contribution in [-0.4, -0.2) is 61.0 Å². The van der Waals surface area contributed by atoms with E-state index in [0.717, 1.165) is 16.9 Å². The third-order valence-corrected chi connectivity index (χ3v) is 6.91. The number of piperazine rings is 1. The molecular formula is C28H26Cl2N4O3. The zero-order valence-corrected chi connectivity index (χ0v) is 22.0. The van der Waals surface area contributed by atoms with Gasteiger partial charge in [-0.2, -0.15) is 5.10 Å². The van der Waals surface area contributed by atoms with Gasteiger partial charge in [0.05, 0.1) is 25.6 Å². The molecule has 7 nitrogen and oxygen atoms in total. The van der Waals surface area contributed by atoms with E-state index in [1.54, 1.807) is 37.1 Å². The van der Waals surface area contributed by atoms with Gasteiger partial charge in [0, 0.05) is 53.5 Å². The number of benzene rings is 3. The maximum Gasteiger partial charge on any atom is 0.272 e. The Labute approximate surface area is 225 Å². The second-order valence-corrected chi connectivity index (χ2v) is 9.50. The van der Waals surface area contributed by atoms with Gasteiger partial charge in [-0.15, -0.1) is 0 Å². The summed E-state index contributed by atoms with van der Waals surface area (Å²) in [6.45, 7) is 2.58. The average molecular weight is 537 g/mol. The van der Waals surface area contributed by atoms with Gasteiger partial charge in [0.15, 0.2) is 0 Å². The molecular weight excluding hydrogens is 511 g/mol. The minimum atomic E-state index is -0.0908. The number of hydrogen-bond acceptors (Lipinski definition) is 5. The number of nitrogens with zero attached hydrogens (tertiary/aromatic N) is 4. The summed E-state index contributed by atoms with van der Waals surface area (Å²) in [7, 11) is 3.20. The molecule has 0 aliphatic carbocycles. The lowest BCUT2D eigenvalue weighted by Gasteiger charge is -2.36. The van der Waals surface area contributed by atoms with E-state index in [2.05, 4.69) is 4.90 Å². The average Bonchev–Trinajstić information content (AvgIpc) is 3.38. The zero-order valence-electron chi connectivity index (χ0n) is 20.5. The third kappa shape index (κ3) is 5.24. The highest BCUT2D eigenvalue weighted by molar-refractivity contribution is 6.31. The van der Waals surface area contributed by atoms with Crippen LogP contribution < -0.4 is 14.4 Å². The molecule has 1 aromatic heterocycles. The van der Waals surface area contributed by atoms with Gasteiger partial charge in [-0.25, -0.2) is 4.68 Å². The van der Waals surface area contributed by atoms with E-state index in [1.165, 1.54) is 0 Å². The largest absolute Gasteiger partial charge is 0.497 e. The van der Waals surface area contributed by atoms with Gasteiger partial charge in [0.25, 0.3) is 5.91 Å². The van der Waals surface area contributed by atoms with E-state index in [9.17, 15) is 4.79 Å². The molecule has 0 bridgehead atoms. The van der Waals surface area contributed by atoms with Gasteiger partial charge < -0.3 is 19.3 Å². The molecule has 1 aliphatic heterocycles. The van der Waals surface area contributed by atoms with E-state index >= 15 is 0 Å². The van der Waals surface area contributed by atoms with Crippen LogP contribution in [0.4, 0.5) is 5.69 Å². The Morgan fingerprint density at radius 3 is 2.24 bits per heavy atom. The molecule has 190 valence electrons. The van der Waals surface area contributed by atoms with E-state index in [0.29, 0.717) is 59.1 Å². The SMILES string of the molecule is COc1ccc(-c2cc(C(=O)N3CCN(c4cccc(Cl)c4)CC3)n(-c3ccc(Cl)cc3)n2)c(OC)c1. The van der Waals surface area contributed by atoms with Crippen LogP contribution in [0.5, 0.6) is 11.5 Å². The van der Waals surface area contributed by atoms with Crippen LogP contribution in [0.3, 0.4) is 0 Å². The fraction of sp³-hybridized carbons (Fsp3) is 0.214. The van der Waals surface area contributed by atoms with Crippen LogP contribution in [0.25, 0.3) is 16.9 Å². The minimum Gasteiger partial charge on any atom is -0.497 e. The van der Waals surface area contributed by atoms with Crippen LogP contribution in [0, 0.1) is 0 Å². The number of halogens is 2. The first kappa shape index (κ1) is 25.0. The molecule has 5 rings (SSSR count). The van der Waals surface area contributed by atoms with E-state index in [1.807, 2.05) is 59.5 Å². The molecule has 37 heavy (non-hydrogen) atoms. The molecule has 2 heterocycles. The number of hydrogen-bond donors (Lipinski definition) is 0. The number of methoxy groups -OCH3 is 2. The Morgan fingerprint density at radius 2 is 1.57 bits per heavy atom. The van der Waals surface area contributed by atoms with Gasteiger partial charge in [0.2, 0.25) is 0 Å². The highest BCUT2D eigenvalue weighted by Gasteiger charge is 2.27. The van der Waals surface area contributed by atoms with Gasteiger partial charge in [-0.3, -0.25) is 4.79 Å². The normalized spacial score (nSPS) is 13.5. The molecule has 9 heteroatoms. The first-order valence-electron chi connectivity index (χ1n) is 11.8.